The highest BCUT2D eigenvalue weighted by atomic mass is 15.0. The summed E-state index contributed by atoms with van der Waals surface area (Å²) < 4.78 is 0. The Morgan fingerprint density at radius 2 is 2.12 bits per heavy atom. The molecule has 0 fully saturated rings. The molecule has 3 nitrogen and oxygen atoms in total. The second-order valence-electron chi connectivity index (χ2n) is 4.36. The van der Waals surface area contributed by atoms with Gasteiger partial charge in [-0.3, -0.25) is 0 Å². The highest BCUT2D eigenvalue weighted by Gasteiger charge is 2.05. The number of hydrogen-bond acceptors (Lipinski definition) is 3. The van der Waals surface area contributed by atoms with E-state index < -0.39 is 0 Å². The van der Waals surface area contributed by atoms with E-state index in [4.69, 9.17) is 5.73 Å². The third-order valence-electron chi connectivity index (χ3n) is 2.90. The van der Waals surface area contributed by atoms with Crippen LogP contribution in [-0.4, -0.2) is 17.6 Å². The molecule has 3 heteroatoms. The molecule has 1 aromatic heterocycles. The van der Waals surface area contributed by atoms with Crippen molar-refractivity contribution in [2.75, 3.05) is 11.9 Å². The largest absolute Gasteiger partial charge is 0.367 e. The Morgan fingerprint density at radius 1 is 1.29 bits per heavy atom. The fourth-order valence-corrected chi connectivity index (χ4v) is 1.96. The lowest BCUT2D eigenvalue weighted by atomic mass is 10.1. The van der Waals surface area contributed by atoms with Gasteiger partial charge in [0.1, 0.15) is 5.82 Å². The minimum atomic E-state index is 0.400. The van der Waals surface area contributed by atoms with E-state index in [-0.39, 0.29) is 0 Å². The van der Waals surface area contributed by atoms with Gasteiger partial charge in [0.2, 0.25) is 0 Å². The van der Waals surface area contributed by atoms with Gasteiger partial charge in [-0.05, 0) is 37.8 Å². The van der Waals surface area contributed by atoms with Crippen molar-refractivity contribution in [2.45, 2.75) is 25.8 Å². The number of fused-ring (bicyclic) bond motifs is 1. The maximum absolute atomic E-state index is 5.52. The number of nitrogens with two attached hydrogens (primary N) is 1. The van der Waals surface area contributed by atoms with E-state index in [1.165, 1.54) is 10.8 Å². The Labute approximate surface area is 102 Å². The number of hydrogen-bond donors (Lipinski definition) is 2. The van der Waals surface area contributed by atoms with Gasteiger partial charge in [-0.15, -0.1) is 0 Å². The fourth-order valence-electron chi connectivity index (χ4n) is 1.96. The van der Waals surface area contributed by atoms with Crippen molar-refractivity contribution >= 4 is 16.6 Å². The lowest BCUT2D eigenvalue weighted by molar-refractivity contribution is 0.661. The van der Waals surface area contributed by atoms with Crippen LogP contribution < -0.4 is 11.1 Å². The number of aromatic nitrogens is 1. The van der Waals surface area contributed by atoms with E-state index in [1.807, 2.05) is 24.4 Å². The van der Waals surface area contributed by atoms with Crippen LogP contribution in [0.5, 0.6) is 0 Å². The average molecular weight is 229 g/mol. The Balaban J connectivity index is 2.18. The van der Waals surface area contributed by atoms with Crippen molar-refractivity contribution in [3.05, 3.63) is 36.5 Å². The molecule has 1 heterocycles. The van der Waals surface area contributed by atoms with Gasteiger partial charge in [-0.1, -0.05) is 24.3 Å². The Bertz CT molecular complexity index is 476. The SMILES string of the molecule is CC(CCCN)Nc1nccc2ccccc12. The van der Waals surface area contributed by atoms with Crippen LogP contribution in [0, 0.1) is 0 Å². The Hall–Kier alpha value is -1.61. The molecule has 0 amide bonds. The van der Waals surface area contributed by atoms with Gasteiger partial charge in [0, 0.05) is 17.6 Å². The van der Waals surface area contributed by atoms with Crippen molar-refractivity contribution in [3.8, 4) is 0 Å². The third-order valence-corrected chi connectivity index (χ3v) is 2.90. The summed E-state index contributed by atoms with van der Waals surface area (Å²) in [6.45, 7) is 2.91. The first-order valence-electron chi connectivity index (χ1n) is 6.11. The molecule has 1 aromatic carbocycles. The molecular weight excluding hydrogens is 210 g/mol. The summed E-state index contributed by atoms with van der Waals surface area (Å²) in [5.74, 6) is 0.965. The van der Waals surface area contributed by atoms with Crippen molar-refractivity contribution in [1.29, 1.82) is 0 Å². The van der Waals surface area contributed by atoms with Crippen LogP contribution in [0.25, 0.3) is 10.8 Å². The smallest absolute Gasteiger partial charge is 0.134 e. The monoisotopic (exact) mass is 229 g/mol. The first-order valence-corrected chi connectivity index (χ1v) is 6.11. The Kier molecular flexibility index (Phi) is 3.94. The second-order valence-corrected chi connectivity index (χ2v) is 4.36. The van der Waals surface area contributed by atoms with Crippen LogP contribution in [-0.2, 0) is 0 Å². The molecule has 0 saturated heterocycles. The number of pyridine rings is 1. The van der Waals surface area contributed by atoms with E-state index >= 15 is 0 Å². The molecule has 0 aliphatic heterocycles. The summed E-state index contributed by atoms with van der Waals surface area (Å²) >= 11 is 0. The van der Waals surface area contributed by atoms with E-state index in [1.54, 1.807) is 0 Å². The molecule has 2 rings (SSSR count). The van der Waals surface area contributed by atoms with Crippen molar-refractivity contribution in [3.63, 3.8) is 0 Å². The summed E-state index contributed by atoms with van der Waals surface area (Å²) in [5, 5.41) is 5.85. The van der Waals surface area contributed by atoms with Gasteiger partial charge in [0.05, 0.1) is 0 Å². The molecule has 0 radical (unpaired) electrons. The zero-order valence-corrected chi connectivity index (χ0v) is 10.2. The molecule has 0 aliphatic carbocycles. The highest BCUT2D eigenvalue weighted by Crippen LogP contribution is 2.21. The van der Waals surface area contributed by atoms with Crippen molar-refractivity contribution in [1.82, 2.24) is 4.98 Å². The first kappa shape index (κ1) is 11.9. The van der Waals surface area contributed by atoms with Gasteiger partial charge in [0.15, 0.2) is 0 Å². The fraction of sp³-hybridized carbons (Fsp3) is 0.357. The molecule has 90 valence electrons. The summed E-state index contributed by atoms with van der Waals surface area (Å²) in [6.07, 6.45) is 3.96. The topological polar surface area (TPSA) is 50.9 Å². The van der Waals surface area contributed by atoms with E-state index in [9.17, 15) is 0 Å². The number of anilines is 1. The number of nitrogens with zero attached hydrogens (tertiary/aromatic N) is 1. The van der Waals surface area contributed by atoms with Crippen molar-refractivity contribution in [2.24, 2.45) is 5.73 Å². The first-order chi connectivity index (χ1) is 8.31. The van der Waals surface area contributed by atoms with Gasteiger partial charge in [-0.2, -0.15) is 0 Å². The van der Waals surface area contributed by atoms with E-state index in [0.29, 0.717) is 6.04 Å². The van der Waals surface area contributed by atoms with Crippen LogP contribution in [0.4, 0.5) is 5.82 Å². The van der Waals surface area contributed by atoms with Crippen LogP contribution in [0.15, 0.2) is 36.5 Å². The summed E-state index contributed by atoms with van der Waals surface area (Å²) in [6, 6.07) is 10.7. The van der Waals surface area contributed by atoms with Gasteiger partial charge >= 0.3 is 0 Å². The molecule has 1 unspecified atom stereocenters. The predicted octanol–water partition coefficient (Wildman–Crippen LogP) is 2.77. The molecule has 0 saturated carbocycles. The minimum absolute atomic E-state index is 0.400. The molecule has 0 spiro atoms. The third kappa shape index (κ3) is 2.94. The van der Waals surface area contributed by atoms with Crippen LogP contribution in [0.1, 0.15) is 19.8 Å². The van der Waals surface area contributed by atoms with Gasteiger partial charge in [0.25, 0.3) is 0 Å². The maximum atomic E-state index is 5.52. The average Bonchev–Trinajstić information content (AvgIpc) is 2.37. The zero-order valence-electron chi connectivity index (χ0n) is 10.2. The van der Waals surface area contributed by atoms with Crippen molar-refractivity contribution < 1.29 is 0 Å². The molecule has 1 atom stereocenters. The number of benzene rings is 1. The van der Waals surface area contributed by atoms with Crippen LogP contribution in [0.2, 0.25) is 0 Å². The van der Waals surface area contributed by atoms with E-state index in [0.717, 1.165) is 25.2 Å². The Morgan fingerprint density at radius 3 is 2.94 bits per heavy atom. The maximum Gasteiger partial charge on any atom is 0.134 e. The lowest BCUT2D eigenvalue weighted by Gasteiger charge is -2.15. The summed E-state index contributed by atoms with van der Waals surface area (Å²) in [7, 11) is 0. The molecule has 2 aromatic rings. The van der Waals surface area contributed by atoms with Crippen LogP contribution in [0.3, 0.4) is 0 Å². The standard InChI is InChI=1S/C14H19N3/c1-11(5-4-9-15)17-14-13-7-3-2-6-12(13)8-10-16-14/h2-3,6-8,10-11H,4-5,9,15H2,1H3,(H,16,17). The van der Waals surface area contributed by atoms with Gasteiger partial charge < -0.3 is 11.1 Å². The second kappa shape index (κ2) is 5.64. The molecule has 0 aliphatic rings. The molecule has 3 N–H and O–H groups in total. The molecule has 0 bridgehead atoms. The minimum Gasteiger partial charge on any atom is -0.367 e. The molecular formula is C14H19N3. The lowest BCUT2D eigenvalue weighted by Crippen LogP contribution is -2.17. The van der Waals surface area contributed by atoms with Crippen LogP contribution >= 0.6 is 0 Å². The zero-order chi connectivity index (χ0) is 12.1. The van der Waals surface area contributed by atoms with E-state index in [2.05, 4.69) is 29.4 Å². The normalized spacial score (nSPS) is 12.6. The van der Waals surface area contributed by atoms with Gasteiger partial charge in [-0.25, -0.2) is 4.98 Å². The molecule has 17 heavy (non-hydrogen) atoms. The quantitative estimate of drug-likeness (QED) is 0.829. The summed E-state index contributed by atoms with van der Waals surface area (Å²) in [5.41, 5.74) is 5.52. The highest BCUT2D eigenvalue weighted by molar-refractivity contribution is 5.91. The number of nitrogens with one attached hydrogen (secondary N) is 1. The number of rotatable bonds is 5. The summed E-state index contributed by atoms with van der Waals surface area (Å²) in [4.78, 5) is 4.41. The predicted molar refractivity (Wildman–Crippen MR) is 73.1 cm³/mol.